The molecule has 0 aliphatic heterocycles. The van der Waals surface area contributed by atoms with Gasteiger partial charge in [-0.15, -0.1) is 23.1 Å². The summed E-state index contributed by atoms with van der Waals surface area (Å²) in [6, 6.07) is 7.85. The fourth-order valence-electron chi connectivity index (χ4n) is 3.72. The molecule has 0 radical (unpaired) electrons. The number of rotatable bonds is 6. The average Bonchev–Trinajstić information content (AvgIpc) is 3.32. The summed E-state index contributed by atoms with van der Waals surface area (Å²) in [5, 5.41) is 10.1. The number of carbonyl (C=O) groups is 1. The number of hydrogen-bond acceptors (Lipinski definition) is 7. The second kappa shape index (κ2) is 9.26. The topological polar surface area (TPSA) is 80.9 Å². The molecule has 3 aromatic heterocycles. The highest BCUT2D eigenvalue weighted by Crippen LogP contribution is 2.32. The maximum absolute atomic E-state index is 13.0. The molecule has 0 unspecified atom stereocenters. The van der Waals surface area contributed by atoms with Gasteiger partial charge in [0.05, 0.1) is 17.0 Å². The summed E-state index contributed by atoms with van der Waals surface area (Å²) in [4.78, 5) is 22.1. The van der Waals surface area contributed by atoms with Gasteiger partial charge in [0.1, 0.15) is 10.8 Å². The van der Waals surface area contributed by atoms with Crippen LogP contribution in [0.4, 0.5) is 5.13 Å². The molecule has 4 aromatic rings. The summed E-state index contributed by atoms with van der Waals surface area (Å²) in [5.41, 5.74) is 7.97. The van der Waals surface area contributed by atoms with Crippen molar-refractivity contribution in [1.82, 2.24) is 15.1 Å². The van der Waals surface area contributed by atoms with Gasteiger partial charge in [0.2, 0.25) is 0 Å². The number of aromatic nitrogens is 3. The van der Waals surface area contributed by atoms with Gasteiger partial charge >= 0.3 is 0 Å². The van der Waals surface area contributed by atoms with E-state index in [1.807, 2.05) is 19.2 Å². The van der Waals surface area contributed by atoms with Crippen molar-refractivity contribution >= 4 is 34.1 Å². The Balaban J connectivity index is 1.52. The van der Waals surface area contributed by atoms with Crippen LogP contribution in [0.5, 0.6) is 0 Å². The number of carbonyl (C=O) groups excluding carboxylic acids is 1. The van der Waals surface area contributed by atoms with Crippen molar-refractivity contribution in [2.75, 3.05) is 5.32 Å². The largest absolute Gasteiger partial charge is 0.361 e. The minimum Gasteiger partial charge on any atom is -0.361 e. The molecular formula is C24H24N4O2S2. The van der Waals surface area contributed by atoms with E-state index in [9.17, 15) is 4.79 Å². The van der Waals surface area contributed by atoms with Crippen LogP contribution < -0.4 is 5.32 Å². The Morgan fingerprint density at radius 1 is 1.16 bits per heavy atom. The lowest BCUT2D eigenvalue weighted by Gasteiger charge is -2.09. The van der Waals surface area contributed by atoms with Crippen molar-refractivity contribution in [3.05, 3.63) is 75.1 Å². The zero-order valence-corrected chi connectivity index (χ0v) is 20.3. The molecule has 32 heavy (non-hydrogen) atoms. The van der Waals surface area contributed by atoms with Crippen LogP contribution in [-0.4, -0.2) is 21.0 Å². The third kappa shape index (κ3) is 4.61. The van der Waals surface area contributed by atoms with Gasteiger partial charge in [0.15, 0.2) is 5.13 Å². The van der Waals surface area contributed by atoms with Crippen molar-refractivity contribution in [2.24, 2.45) is 0 Å². The number of thioether (sulfide) groups is 1. The van der Waals surface area contributed by atoms with Crippen LogP contribution in [0.25, 0.3) is 11.3 Å². The fourth-order valence-corrected chi connectivity index (χ4v) is 5.56. The molecule has 4 rings (SSSR count). The predicted molar refractivity (Wildman–Crippen MR) is 129 cm³/mol. The molecule has 0 bridgehead atoms. The molecule has 0 atom stereocenters. The highest BCUT2D eigenvalue weighted by Gasteiger charge is 2.18. The Hall–Kier alpha value is -2.97. The van der Waals surface area contributed by atoms with Gasteiger partial charge in [0.25, 0.3) is 5.91 Å². The Morgan fingerprint density at radius 2 is 1.91 bits per heavy atom. The minimum atomic E-state index is -0.224. The molecule has 0 spiro atoms. The summed E-state index contributed by atoms with van der Waals surface area (Å²) < 4.78 is 5.23. The predicted octanol–water partition coefficient (Wildman–Crippen LogP) is 6.28. The van der Waals surface area contributed by atoms with Gasteiger partial charge in [-0.25, -0.2) is 9.97 Å². The summed E-state index contributed by atoms with van der Waals surface area (Å²) in [6.45, 7) is 10.1. The molecular weight excluding hydrogens is 440 g/mol. The number of nitrogens with one attached hydrogen (secondary N) is 1. The zero-order chi connectivity index (χ0) is 22.8. The second-order valence-corrected chi connectivity index (χ2v) is 9.54. The molecule has 0 aliphatic rings. The molecule has 6 nitrogen and oxygen atoms in total. The van der Waals surface area contributed by atoms with Gasteiger partial charge in [-0.2, -0.15) is 0 Å². The van der Waals surface area contributed by atoms with Crippen molar-refractivity contribution in [1.29, 1.82) is 0 Å². The lowest BCUT2D eigenvalue weighted by Crippen LogP contribution is -2.13. The first kappa shape index (κ1) is 22.2. The lowest BCUT2D eigenvalue weighted by atomic mass is 9.98. The molecule has 0 fully saturated rings. The Kier molecular flexibility index (Phi) is 6.43. The number of nitrogens with zero attached hydrogens (tertiary/aromatic N) is 3. The van der Waals surface area contributed by atoms with Crippen LogP contribution in [0.1, 0.15) is 44.1 Å². The first-order valence-corrected chi connectivity index (χ1v) is 12.0. The van der Waals surface area contributed by atoms with Gasteiger partial charge < -0.3 is 4.52 Å². The van der Waals surface area contributed by atoms with Crippen LogP contribution in [0.15, 0.2) is 45.4 Å². The van der Waals surface area contributed by atoms with Gasteiger partial charge in [-0.05, 0) is 57.9 Å². The van der Waals surface area contributed by atoms with E-state index in [4.69, 9.17) is 4.52 Å². The zero-order valence-electron chi connectivity index (χ0n) is 18.6. The average molecular weight is 465 g/mol. The van der Waals surface area contributed by atoms with Crippen molar-refractivity contribution in [3.8, 4) is 11.3 Å². The molecule has 164 valence electrons. The Labute approximate surface area is 195 Å². The number of anilines is 1. The monoisotopic (exact) mass is 464 g/mol. The van der Waals surface area contributed by atoms with E-state index in [0.717, 1.165) is 28.3 Å². The molecule has 0 saturated heterocycles. The molecule has 8 heteroatoms. The third-order valence-corrected chi connectivity index (χ3v) is 7.00. The summed E-state index contributed by atoms with van der Waals surface area (Å²) in [5.74, 6) is 1.19. The molecule has 0 aliphatic carbocycles. The molecule has 0 saturated carbocycles. The highest BCUT2D eigenvalue weighted by molar-refractivity contribution is 7.98. The fraction of sp³-hybridized carbons (Fsp3) is 0.250. The van der Waals surface area contributed by atoms with Crippen molar-refractivity contribution in [3.63, 3.8) is 0 Å². The number of benzene rings is 1. The quantitative estimate of drug-likeness (QED) is 0.338. The normalized spacial score (nSPS) is 11.0. The summed E-state index contributed by atoms with van der Waals surface area (Å²) in [7, 11) is 0. The number of aryl methyl sites for hydroxylation is 5. The maximum atomic E-state index is 13.0. The van der Waals surface area contributed by atoms with Crippen LogP contribution in [0.3, 0.4) is 0 Å². The number of thiazole rings is 1. The van der Waals surface area contributed by atoms with Crippen LogP contribution in [-0.2, 0) is 5.75 Å². The van der Waals surface area contributed by atoms with E-state index in [-0.39, 0.29) is 5.91 Å². The van der Waals surface area contributed by atoms with E-state index >= 15 is 0 Å². The SMILES string of the molecule is Cc1cc(C)c(-c2csc(NC(=O)c3cccnc3SCc3c(C)noc3C)n2)c(C)c1. The van der Waals surface area contributed by atoms with Crippen molar-refractivity contribution in [2.45, 2.75) is 45.4 Å². The van der Waals surface area contributed by atoms with E-state index in [1.165, 1.54) is 39.8 Å². The third-order valence-electron chi connectivity index (χ3n) is 5.21. The smallest absolute Gasteiger partial charge is 0.260 e. The second-order valence-electron chi connectivity index (χ2n) is 7.71. The van der Waals surface area contributed by atoms with E-state index in [0.29, 0.717) is 21.5 Å². The van der Waals surface area contributed by atoms with Crippen LogP contribution >= 0.6 is 23.1 Å². The van der Waals surface area contributed by atoms with E-state index in [2.05, 4.69) is 53.3 Å². The standard InChI is InChI=1S/C24H24N4O2S2/c1-13-9-14(2)21(15(3)10-13)20-12-32-24(26-20)27-22(29)18-7-6-8-25-23(18)31-11-19-16(4)28-30-17(19)5/h6-10,12H,11H2,1-5H3,(H,26,27,29). The van der Waals surface area contributed by atoms with Gasteiger partial charge in [0, 0.05) is 28.5 Å². The first-order valence-electron chi connectivity index (χ1n) is 10.2. The molecule has 1 amide bonds. The Morgan fingerprint density at radius 3 is 2.59 bits per heavy atom. The molecule has 1 aromatic carbocycles. The van der Waals surface area contributed by atoms with Crippen molar-refractivity contribution < 1.29 is 9.32 Å². The maximum Gasteiger partial charge on any atom is 0.260 e. The minimum absolute atomic E-state index is 0.224. The van der Waals surface area contributed by atoms with Gasteiger partial charge in [-0.1, -0.05) is 22.9 Å². The molecule has 1 N–H and O–H groups in total. The van der Waals surface area contributed by atoms with E-state index in [1.54, 1.807) is 18.3 Å². The molecule has 3 heterocycles. The van der Waals surface area contributed by atoms with Crippen LogP contribution in [0.2, 0.25) is 0 Å². The first-order chi connectivity index (χ1) is 15.3. The summed E-state index contributed by atoms with van der Waals surface area (Å²) in [6.07, 6.45) is 1.69. The van der Waals surface area contributed by atoms with Crippen LogP contribution in [0, 0.1) is 34.6 Å². The lowest BCUT2D eigenvalue weighted by molar-refractivity contribution is 0.102. The van der Waals surface area contributed by atoms with E-state index < -0.39 is 0 Å². The van der Waals surface area contributed by atoms with Gasteiger partial charge in [-0.3, -0.25) is 10.1 Å². The number of pyridine rings is 1. The number of hydrogen-bond donors (Lipinski definition) is 1. The Bertz CT molecular complexity index is 1250. The number of amides is 1. The highest BCUT2D eigenvalue weighted by atomic mass is 32.2. The summed E-state index contributed by atoms with van der Waals surface area (Å²) >= 11 is 2.91.